The van der Waals surface area contributed by atoms with Gasteiger partial charge in [0, 0.05) is 51.1 Å². The van der Waals surface area contributed by atoms with Gasteiger partial charge in [-0.2, -0.15) is 5.48 Å². The highest BCUT2D eigenvalue weighted by Crippen LogP contribution is 2.32. The zero-order valence-electron chi connectivity index (χ0n) is 18.8. The van der Waals surface area contributed by atoms with Crippen molar-refractivity contribution in [1.82, 2.24) is 25.9 Å². The first kappa shape index (κ1) is 23.1. The summed E-state index contributed by atoms with van der Waals surface area (Å²) >= 11 is 0. The van der Waals surface area contributed by atoms with E-state index in [0.717, 1.165) is 32.4 Å². The lowest BCUT2D eigenvalue weighted by molar-refractivity contribution is -0.0325. The normalized spacial score (nSPS) is 35.5. The molecule has 4 rings (SSSR count). The average Bonchev–Trinajstić information content (AvgIpc) is 3.34. The van der Waals surface area contributed by atoms with Gasteiger partial charge in [0.05, 0.1) is 12.7 Å². The molecule has 4 heterocycles. The molecule has 0 bridgehead atoms. The molecule has 4 saturated heterocycles. The largest absolute Gasteiger partial charge is 0.444 e. The first-order valence-electron chi connectivity index (χ1n) is 11.6. The summed E-state index contributed by atoms with van der Waals surface area (Å²) in [5, 5.41) is 6.97. The zero-order chi connectivity index (χ0) is 22.2. The molecule has 178 valence electrons. The molecule has 4 unspecified atom stereocenters. The van der Waals surface area contributed by atoms with Crippen LogP contribution in [0.2, 0.25) is 0 Å². The number of carbonyl (C=O) groups excluding carboxylic acids is 1. The molecule has 4 aliphatic heterocycles. The number of rotatable bonds is 3. The maximum absolute atomic E-state index is 13.6. The summed E-state index contributed by atoms with van der Waals surface area (Å²) in [5.74, 6) is -1.99. The summed E-state index contributed by atoms with van der Waals surface area (Å²) in [6, 6.07) is 0.119. The van der Waals surface area contributed by atoms with E-state index in [0.29, 0.717) is 25.6 Å². The fourth-order valence-corrected chi connectivity index (χ4v) is 5.13. The molecular formula is C21H37F2N5O3. The number of nitrogens with zero attached hydrogens (tertiary/aromatic N) is 2. The molecular weight excluding hydrogens is 408 g/mol. The Morgan fingerprint density at radius 1 is 1.13 bits per heavy atom. The van der Waals surface area contributed by atoms with Gasteiger partial charge in [-0.15, -0.1) is 0 Å². The lowest BCUT2D eigenvalue weighted by atomic mass is 9.91. The molecule has 3 N–H and O–H groups in total. The number of hydroxylamine groups is 1. The SMILES string of the molecule is CC(C)(C)OC(=O)N1CCC(C2NOC(C3CNCC(N4CCC(F)(F)C4)C3)N2)CC1. The summed E-state index contributed by atoms with van der Waals surface area (Å²) in [5.41, 5.74) is 2.66. The van der Waals surface area contributed by atoms with Gasteiger partial charge in [-0.1, -0.05) is 0 Å². The van der Waals surface area contributed by atoms with Crippen molar-refractivity contribution in [2.75, 3.05) is 39.3 Å². The molecule has 4 aliphatic rings. The summed E-state index contributed by atoms with van der Waals surface area (Å²) in [6.07, 6.45) is 2.17. The predicted molar refractivity (Wildman–Crippen MR) is 111 cm³/mol. The number of piperidine rings is 2. The minimum Gasteiger partial charge on any atom is -0.444 e. The molecule has 4 fully saturated rings. The van der Waals surface area contributed by atoms with Crippen LogP contribution in [0.3, 0.4) is 0 Å². The zero-order valence-corrected chi connectivity index (χ0v) is 18.8. The quantitative estimate of drug-likeness (QED) is 0.611. The molecule has 10 heteroatoms. The Morgan fingerprint density at radius 3 is 2.52 bits per heavy atom. The number of ether oxygens (including phenoxy) is 1. The second kappa shape index (κ2) is 9.05. The summed E-state index contributed by atoms with van der Waals surface area (Å²) < 4.78 is 32.7. The van der Waals surface area contributed by atoms with Crippen LogP contribution in [0.5, 0.6) is 0 Å². The van der Waals surface area contributed by atoms with Crippen molar-refractivity contribution in [1.29, 1.82) is 0 Å². The molecule has 0 aromatic heterocycles. The number of likely N-dealkylation sites (tertiary alicyclic amines) is 2. The maximum Gasteiger partial charge on any atom is 0.410 e. The van der Waals surface area contributed by atoms with Crippen molar-refractivity contribution in [2.45, 2.75) is 76.4 Å². The summed E-state index contributed by atoms with van der Waals surface area (Å²) in [4.78, 5) is 21.8. The van der Waals surface area contributed by atoms with Gasteiger partial charge in [0.25, 0.3) is 5.92 Å². The Hall–Kier alpha value is -1.07. The molecule has 8 nitrogen and oxygen atoms in total. The van der Waals surface area contributed by atoms with Crippen LogP contribution in [0.1, 0.15) is 46.5 Å². The van der Waals surface area contributed by atoms with Gasteiger partial charge >= 0.3 is 6.09 Å². The Morgan fingerprint density at radius 2 is 1.87 bits per heavy atom. The van der Waals surface area contributed by atoms with E-state index in [-0.39, 0.29) is 43.4 Å². The summed E-state index contributed by atoms with van der Waals surface area (Å²) in [7, 11) is 0. The minimum absolute atomic E-state index is 0.0299. The van der Waals surface area contributed by atoms with Crippen LogP contribution in [0.25, 0.3) is 0 Å². The van der Waals surface area contributed by atoms with Crippen LogP contribution in [-0.2, 0) is 9.57 Å². The van der Waals surface area contributed by atoms with Gasteiger partial charge in [0.2, 0.25) is 0 Å². The lowest BCUT2D eigenvalue weighted by Gasteiger charge is -2.38. The molecule has 1 amide bonds. The third-order valence-electron chi connectivity index (χ3n) is 6.83. The fraction of sp³-hybridized carbons (Fsp3) is 0.952. The van der Waals surface area contributed by atoms with Gasteiger partial charge in [0.15, 0.2) is 0 Å². The Labute approximate surface area is 183 Å². The number of carbonyl (C=O) groups is 1. The van der Waals surface area contributed by atoms with Crippen LogP contribution in [0, 0.1) is 11.8 Å². The number of hydrogen-bond donors (Lipinski definition) is 3. The topological polar surface area (TPSA) is 78.1 Å². The van der Waals surface area contributed by atoms with Gasteiger partial charge in [-0.3, -0.25) is 15.1 Å². The van der Waals surface area contributed by atoms with E-state index in [2.05, 4.69) is 16.1 Å². The van der Waals surface area contributed by atoms with Crippen LogP contribution < -0.4 is 16.1 Å². The van der Waals surface area contributed by atoms with E-state index in [1.165, 1.54) is 0 Å². The van der Waals surface area contributed by atoms with Crippen molar-refractivity contribution < 1.29 is 23.1 Å². The number of hydrogen-bond acceptors (Lipinski definition) is 7. The molecule has 0 aromatic rings. The van der Waals surface area contributed by atoms with Crippen molar-refractivity contribution in [2.24, 2.45) is 11.8 Å². The van der Waals surface area contributed by atoms with Gasteiger partial charge < -0.3 is 15.0 Å². The highest BCUT2D eigenvalue weighted by atomic mass is 19.3. The van der Waals surface area contributed by atoms with Gasteiger partial charge in [0.1, 0.15) is 11.8 Å². The van der Waals surface area contributed by atoms with Gasteiger partial charge in [-0.05, 0) is 46.0 Å². The van der Waals surface area contributed by atoms with E-state index in [1.807, 2.05) is 25.7 Å². The Balaban J connectivity index is 1.23. The Kier molecular flexibility index (Phi) is 6.75. The maximum atomic E-state index is 13.6. The van der Waals surface area contributed by atoms with Crippen LogP contribution in [0.4, 0.5) is 13.6 Å². The monoisotopic (exact) mass is 445 g/mol. The van der Waals surface area contributed by atoms with Crippen molar-refractivity contribution in [3.63, 3.8) is 0 Å². The molecule has 0 saturated carbocycles. The smallest absolute Gasteiger partial charge is 0.410 e. The standard InChI is InChI=1S/C21H37F2N5O3/c1-20(2,3)30-19(29)27-7-4-14(5-8-27)17-25-18(31-26-17)15-10-16(12-24-11-15)28-9-6-21(22,23)13-28/h14-18,24-26H,4-13H2,1-3H3. The highest BCUT2D eigenvalue weighted by Gasteiger charge is 2.44. The van der Waals surface area contributed by atoms with E-state index in [4.69, 9.17) is 9.57 Å². The molecule has 0 radical (unpaired) electrons. The second-order valence-corrected chi connectivity index (χ2v) is 10.5. The van der Waals surface area contributed by atoms with E-state index in [9.17, 15) is 13.6 Å². The van der Waals surface area contributed by atoms with Crippen molar-refractivity contribution in [3.05, 3.63) is 0 Å². The van der Waals surface area contributed by atoms with Crippen LogP contribution in [-0.4, -0.2) is 85.1 Å². The number of nitrogens with one attached hydrogen (secondary N) is 3. The first-order valence-corrected chi connectivity index (χ1v) is 11.6. The summed E-state index contributed by atoms with van der Waals surface area (Å²) in [6.45, 7) is 8.85. The van der Waals surface area contributed by atoms with Crippen LogP contribution >= 0.6 is 0 Å². The minimum atomic E-state index is -2.56. The lowest BCUT2D eigenvalue weighted by Crippen LogP contribution is -2.54. The van der Waals surface area contributed by atoms with Gasteiger partial charge in [-0.25, -0.2) is 13.6 Å². The third-order valence-corrected chi connectivity index (χ3v) is 6.83. The third kappa shape index (κ3) is 5.84. The number of amides is 1. The van der Waals surface area contributed by atoms with E-state index >= 15 is 0 Å². The molecule has 0 aromatic carbocycles. The number of alkyl halides is 2. The van der Waals surface area contributed by atoms with E-state index < -0.39 is 11.5 Å². The second-order valence-electron chi connectivity index (χ2n) is 10.5. The highest BCUT2D eigenvalue weighted by molar-refractivity contribution is 5.68. The molecule has 4 atom stereocenters. The van der Waals surface area contributed by atoms with Crippen LogP contribution in [0.15, 0.2) is 0 Å². The molecule has 0 spiro atoms. The predicted octanol–water partition coefficient (Wildman–Crippen LogP) is 1.73. The number of halogens is 2. The molecule has 31 heavy (non-hydrogen) atoms. The molecule has 0 aliphatic carbocycles. The average molecular weight is 446 g/mol. The fourth-order valence-electron chi connectivity index (χ4n) is 5.13. The first-order chi connectivity index (χ1) is 14.6. The van der Waals surface area contributed by atoms with Crippen molar-refractivity contribution >= 4 is 6.09 Å². The van der Waals surface area contributed by atoms with Crippen molar-refractivity contribution in [3.8, 4) is 0 Å². The Bertz CT molecular complexity index is 639. The van der Waals surface area contributed by atoms with E-state index in [1.54, 1.807) is 4.90 Å².